The molecule has 0 unspecified atom stereocenters. The summed E-state index contributed by atoms with van der Waals surface area (Å²) in [6.45, 7) is 3.16. The van der Waals surface area contributed by atoms with Crippen LogP contribution in [0.25, 0.3) is 111 Å². The Labute approximate surface area is 798 Å². The highest BCUT2D eigenvalue weighted by molar-refractivity contribution is 6.10. The van der Waals surface area contributed by atoms with E-state index in [1.165, 1.54) is 223 Å². The average Bonchev–Trinajstić information content (AvgIpc) is 1.52. The highest BCUT2D eigenvalue weighted by atomic mass is 15.2. The second-order valence-electron chi connectivity index (χ2n) is 37.7. The van der Waals surface area contributed by atoms with E-state index in [0.717, 1.165) is 47.8 Å². The van der Waals surface area contributed by atoms with Crippen LogP contribution in [-0.2, 0) is 35.6 Å². The van der Waals surface area contributed by atoms with Crippen molar-refractivity contribution < 1.29 is 0 Å². The first-order chi connectivity index (χ1) is 67.9. The summed E-state index contributed by atoms with van der Waals surface area (Å²) in [5, 5.41) is 2.58. The Morgan fingerprint density at radius 3 is 0.708 bits per heavy atom. The van der Waals surface area contributed by atoms with Crippen LogP contribution >= 0.6 is 0 Å². The molecular weight excluding hydrogens is 1650 g/mol. The quantitative estimate of drug-likeness (QED) is 0.136. The lowest BCUT2D eigenvalue weighted by Gasteiger charge is -2.32. The smallest absolute Gasteiger partial charge is 0.0726 e. The maximum Gasteiger partial charge on any atom is 0.0726 e. The third-order valence-electron chi connectivity index (χ3n) is 31.2. The van der Waals surface area contributed by atoms with Crippen molar-refractivity contribution in [3.8, 4) is 89.0 Å². The number of hydrogen-bond donors (Lipinski definition) is 0. The van der Waals surface area contributed by atoms with Crippen LogP contribution in [0, 0.1) is 0 Å². The molecule has 1 aromatic heterocycles. The fourth-order valence-corrected chi connectivity index (χ4v) is 25.8. The van der Waals surface area contributed by atoms with Gasteiger partial charge in [-0.3, -0.25) is 0 Å². The highest BCUT2D eigenvalue weighted by Crippen LogP contribution is 2.68. The Kier molecular flexibility index (Phi) is 17.6. The molecule has 642 valence electrons. The molecule has 0 saturated carbocycles. The van der Waals surface area contributed by atoms with Crippen LogP contribution in [0.3, 0.4) is 0 Å². The van der Waals surface area contributed by atoms with Gasteiger partial charge >= 0.3 is 0 Å². The lowest BCUT2D eigenvalue weighted by atomic mass is 9.70. The summed E-state index contributed by atoms with van der Waals surface area (Å²) in [5.41, 5.74) is 55.1. The van der Waals surface area contributed by atoms with E-state index in [1.807, 2.05) is 0 Å². The molecule has 0 amide bonds. The molecule has 0 radical (unpaired) electrons. The lowest BCUT2D eigenvalue weighted by Crippen LogP contribution is -2.26. The van der Waals surface area contributed by atoms with Gasteiger partial charge in [-0.15, -0.1) is 0 Å². The predicted molar refractivity (Wildman–Crippen MR) is 567 cm³/mol. The van der Waals surface area contributed by atoms with Crippen LogP contribution < -0.4 is 14.7 Å². The monoisotopic (exact) mass is 1740 g/mol. The Morgan fingerprint density at radius 1 is 0.168 bits per heavy atom. The molecular formula is C133H90N4. The van der Waals surface area contributed by atoms with Crippen LogP contribution in [0.5, 0.6) is 0 Å². The number of nitrogens with zero attached hydrogens (tertiary/aromatic N) is 4. The number of anilines is 9. The van der Waals surface area contributed by atoms with Crippen molar-refractivity contribution in [2.45, 2.75) is 42.6 Å². The summed E-state index contributed by atoms with van der Waals surface area (Å²) in [6, 6.07) is 183. The van der Waals surface area contributed by atoms with Gasteiger partial charge in [0.1, 0.15) is 0 Å². The number of para-hydroxylation sites is 4. The third-order valence-corrected chi connectivity index (χ3v) is 31.2. The molecule has 0 aliphatic heterocycles. The number of rotatable bonds is 10. The van der Waals surface area contributed by atoms with E-state index in [2.05, 4.69) is 518 Å². The van der Waals surface area contributed by atoms with Crippen LogP contribution in [0.15, 0.2) is 491 Å². The molecule has 4 heteroatoms. The number of benzene rings is 21. The van der Waals surface area contributed by atoms with Crippen molar-refractivity contribution in [2.75, 3.05) is 14.7 Å². The van der Waals surface area contributed by atoms with Gasteiger partial charge in [0.25, 0.3) is 0 Å². The maximum absolute atomic E-state index is 2.47. The van der Waals surface area contributed by atoms with Gasteiger partial charge in [-0.05, 0) is 319 Å². The first-order valence-electron chi connectivity index (χ1n) is 48.2. The minimum Gasteiger partial charge on any atom is -0.341 e. The van der Waals surface area contributed by atoms with E-state index in [9.17, 15) is 0 Å². The van der Waals surface area contributed by atoms with Crippen molar-refractivity contribution in [2.24, 2.45) is 0 Å². The Balaban J connectivity index is 0.000000102. The Bertz CT molecular complexity index is 8230. The van der Waals surface area contributed by atoms with Gasteiger partial charge in [0.15, 0.2) is 0 Å². The largest absolute Gasteiger partial charge is 0.341 e. The molecule has 137 heavy (non-hydrogen) atoms. The predicted octanol–water partition coefficient (Wildman–Crippen LogP) is 33.8. The van der Waals surface area contributed by atoms with Gasteiger partial charge < -0.3 is 19.3 Å². The van der Waals surface area contributed by atoms with Crippen molar-refractivity contribution in [3.05, 3.63) is 580 Å². The summed E-state index contributed by atoms with van der Waals surface area (Å²) in [6.07, 6.45) is 1.99. The molecule has 21 aromatic carbocycles. The SMILES string of the molecule is CCn1c2ccccc2c2cc(N(c3ccccc3)c3ccc4c(c3)C3(c5ccccc5-c5ccccc53)c3ccccc3-4)ccc21.c1ccc(N(c2ccc3c(c2)-c2ccccc2C3)c2ccc3c(c2)C2(c4ccccc4-c4ccccc42)c2ccccc2-3)cc1.c1ccc(N(c2ccc3c(c2)-c2ccccc2C3)c2ccc3c(c2)C2(c4ccccc4-c4ccccc42)c2ccccc2-3)cc1. The zero-order valence-electron chi connectivity index (χ0n) is 75.7. The number of aromatic nitrogens is 1. The van der Waals surface area contributed by atoms with Crippen molar-refractivity contribution >= 4 is 73.0 Å². The first-order valence-corrected chi connectivity index (χ1v) is 48.2. The minimum atomic E-state index is -0.379. The van der Waals surface area contributed by atoms with E-state index >= 15 is 0 Å². The van der Waals surface area contributed by atoms with Crippen molar-refractivity contribution in [1.82, 2.24) is 4.57 Å². The van der Waals surface area contributed by atoms with E-state index in [4.69, 9.17) is 0 Å². The average molecular weight is 1740 g/mol. The van der Waals surface area contributed by atoms with E-state index < -0.39 is 0 Å². The highest BCUT2D eigenvalue weighted by Gasteiger charge is 2.55. The molecule has 8 aliphatic carbocycles. The maximum atomic E-state index is 2.47. The van der Waals surface area contributed by atoms with Crippen molar-refractivity contribution in [1.29, 1.82) is 0 Å². The summed E-state index contributed by atoms with van der Waals surface area (Å²) in [7, 11) is 0. The molecule has 0 atom stereocenters. The van der Waals surface area contributed by atoms with Gasteiger partial charge in [0.2, 0.25) is 0 Å². The summed E-state index contributed by atoms with van der Waals surface area (Å²) < 4.78 is 2.42. The lowest BCUT2D eigenvalue weighted by molar-refractivity contribution is 0.793. The second-order valence-corrected chi connectivity index (χ2v) is 37.7. The normalized spacial score (nSPS) is 13.7. The zero-order valence-corrected chi connectivity index (χ0v) is 75.7. The molecule has 0 fully saturated rings. The van der Waals surface area contributed by atoms with Gasteiger partial charge in [-0.1, -0.05) is 370 Å². The van der Waals surface area contributed by atoms with Crippen LogP contribution in [-0.4, -0.2) is 4.57 Å². The topological polar surface area (TPSA) is 14.7 Å². The van der Waals surface area contributed by atoms with Crippen LogP contribution in [0.2, 0.25) is 0 Å². The van der Waals surface area contributed by atoms with Gasteiger partial charge in [-0.25, -0.2) is 0 Å². The van der Waals surface area contributed by atoms with Crippen LogP contribution in [0.4, 0.5) is 51.2 Å². The molecule has 0 bridgehead atoms. The summed E-state index contributed by atoms with van der Waals surface area (Å²) in [5.74, 6) is 0. The van der Waals surface area contributed by atoms with Crippen molar-refractivity contribution in [3.63, 3.8) is 0 Å². The number of hydrogen-bond acceptors (Lipinski definition) is 3. The molecule has 22 aromatic rings. The standard InChI is InChI=1S/C45H32N2.2C44H29N/c1-2-46-43-23-13-9-19-37(43)38-28-31(25-27-44(38)46)47(30-14-4-3-5-15-30)32-24-26-36-35-18-8-12-22-41(35)45(42(36)29-32)39-20-10-6-16-33(39)34-17-7-11-21-40(34)45;2*1-2-13-31(14-3-1)45(32-23-22-30-26-29-12-4-5-15-34(29)39(30)27-32)33-24-25-38-37-18-8-11-21-42(37)44(43(38)28-33)40-19-9-6-16-35(40)36-17-7-10-20-41(36)44/h3-29H,2H2,1H3;2*1-25,27-28H,26H2. The Morgan fingerprint density at radius 2 is 0.394 bits per heavy atom. The molecule has 1 heterocycles. The molecule has 0 N–H and O–H groups in total. The van der Waals surface area contributed by atoms with Crippen LogP contribution in [0.1, 0.15) is 95.9 Å². The second kappa shape index (κ2) is 30.7. The van der Waals surface area contributed by atoms with E-state index in [-0.39, 0.29) is 16.2 Å². The summed E-state index contributed by atoms with van der Waals surface area (Å²) in [4.78, 5) is 7.30. The zero-order chi connectivity index (χ0) is 90.2. The van der Waals surface area contributed by atoms with E-state index in [1.54, 1.807) is 0 Å². The minimum absolute atomic E-state index is 0.367. The fraction of sp³-hybridized carbons (Fsp3) is 0.0526. The van der Waals surface area contributed by atoms with Gasteiger partial charge in [0.05, 0.1) is 16.2 Å². The fourth-order valence-electron chi connectivity index (χ4n) is 25.8. The molecule has 4 nitrogen and oxygen atoms in total. The first kappa shape index (κ1) is 78.5. The van der Waals surface area contributed by atoms with E-state index in [0.29, 0.717) is 0 Å². The Hall–Kier alpha value is -17.2. The third kappa shape index (κ3) is 11.3. The molecule has 0 saturated heterocycles. The molecule has 3 spiro atoms. The summed E-state index contributed by atoms with van der Waals surface area (Å²) >= 11 is 0. The number of fused-ring (bicyclic) bond motifs is 39. The number of aryl methyl sites for hydroxylation is 1. The molecule has 30 rings (SSSR count). The van der Waals surface area contributed by atoms with Gasteiger partial charge in [-0.2, -0.15) is 0 Å². The molecule has 8 aliphatic rings. The van der Waals surface area contributed by atoms with Gasteiger partial charge in [0, 0.05) is 79.5 Å².